The van der Waals surface area contributed by atoms with Gasteiger partial charge in [0.05, 0.1) is 30.2 Å². The standard InChI is InChI=1S/C18H17BrF2N4O2/c1-10(22)14-7-18(20,21)9-25(14)15(26)8-24-17(27)12-5-6-23-16-11(12)3-2-4-13(16)19/h2-6,14,22H,7-9H2,1H3,(H,24,27)/t14-/m0/s1. The van der Waals surface area contributed by atoms with Gasteiger partial charge in [-0.1, -0.05) is 12.1 Å². The number of carbonyl (C=O) groups excluding carboxylic acids is 2. The third kappa shape index (κ3) is 3.97. The molecule has 0 spiro atoms. The highest BCUT2D eigenvalue weighted by molar-refractivity contribution is 9.10. The number of pyridine rings is 1. The van der Waals surface area contributed by atoms with Gasteiger partial charge >= 0.3 is 0 Å². The van der Waals surface area contributed by atoms with Crippen LogP contribution in [-0.2, 0) is 4.79 Å². The fraction of sp³-hybridized carbons (Fsp3) is 0.333. The number of alkyl halides is 2. The summed E-state index contributed by atoms with van der Waals surface area (Å²) in [7, 11) is 0. The van der Waals surface area contributed by atoms with Gasteiger partial charge in [-0.3, -0.25) is 14.6 Å². The number of hydrogen-bond acceptors (Lipinski definition) is 4. The Morgan fingerprint density at radius 1 is 1.41 bits per heavy atom. The van der Waals surface area contributed by atoms with Crippen molar-refractivity contribution in [1.82, 2.24) is 15.2 Å². The Labute approximate surface area is 162 Å². The van der Waals surface area contributed by atoms with Gasteiger partial charge in [0.15, 0.2) is 0 Å². The van der Waals surface area contributed by atoms with Crippen LogP contribution < -0.4 is 5.32 Å². The van der Waals surface area contributed by atoms with Crippen molar-refractivity contribution in [1.29, 1.82) is 5.41 Å². The second kappa shape index (κ2) is 7.30. The number of aromatic nitrogens is 1. The summed E-state index contributed by atoms with van der Waals surface area (Å²) in [6.45, 7) is 0.232. The predicted octanol–water partition coefficient (Wildman–Crippen LogP) is 3.00. The smallest absolute Gasteiger partial charge is 0.267 e. The molecular weight excluding hydrogens is 422 g/mol. The quantitative estimate of drug-likeness (QED) is 0.719. The topological polar surface area (TPSA) is 86.2 Å². The molecule has 1 saturated heterocycles. The van der Waals surface area contributed by atoms with Gasteiger partial charge in [-0.2, -0.15) is 0 Å². The lowest BCUT2D eigenvalue weighted by Crippen LogP contribution is -2.45. The monoisotopic (exact) mass is 438 g/mol. The predicted molar refractivity (Wildman–Crippen MR) is 100 cm³/mol. The molecule has 2 aromatic rings. The summed E-state index contributed by atoms with van der Waals surface area (Å²) in [5.41, 5.74) is 0.938. The van der Waals surface area contributed by atoms with E-state index in [-0.39, 0.29) is 5.71 Å². The number of fused-ring (bicyclic) bond motifs is 1. The average molecular weight is 439 g/mol. The van der Waals surface area contributed by atoms with Crippen LogP contribution in [0.1, 0.15) is 23.7 Å². The fourth-order valence-corrected chi connectivity index (χ4v) is 3.63. The molecule has 1 fully saturated rings. The summed E-state index contributed by atoms with van der Waals surface area (Å²) in [5.74, 6) is -4.17. The van der Waals surface area contributed by atoms with Crippen LogP contribution in [0.4, 0.5) is 8.78 Å². The molecule has 2 N–H and O–H groups in total. The van der Waals surface area contributed by atoms with E-state index in [2.05, 4.69) is 26.2 Å². The zero-order valence-electron chi connectivity index (χ0n) is 14.4. The zero-order valence-corrected chi connectivity index (χ0v) is 16.0. The van der Waals surface area contributed by atoms with E-state index in [1.54, 1.807) is 18.2 Å². The van der Waals surface area contributed by atoms with E-state index in [0.29, 0.717) is 16.5 Å². The third-order valence-corrected chi connectivity index (χ3v) is 5.10. The summed E-state index contributed by atoms with van der Waals surface area (Å²) in [6, 6.07) is 5.89. The van der Waals surface area contributed by atoms with E-state index in [0.717, 1.165) is 9.37 Å². The van der Waals surface area contributed by atoms with Crippen molar-refractivity contribution in [3.63, 3.8) is 0 Å². The largest absolute Gasteiger partial charge is 0.343 e. The zero-order chi connectivity index (χ0) is 19.8. The number of nitrogens with one attached hydrogen (secondary N) is 2. The summed E-state index contributed by atoms with van der Waals surface area (Å²) in [5, 5.41) is 10.7. The van der Waals surface area contributed by atoms with Crippen LogP contribution in [0, 0.1) is 5.41 Å². The number of rotatable bonds is 4. The molecule has 6 nitrogen and oxygen atoms in total. The van der Waals surface area contributed by atoms with Crippen LogP contribution in [0.2, 0.25) is 0 Å². The first-order chi connectivity index (χ1) is 12.7. The molecule has 0 unspecified atom stereocenters. The number of para-hydroxylation sites is 1. The Morgan fingerprint density at radius 2 is 2.15 bits per heavy atom. The van der Waals surface area contributed by atoms with E-state index in [1.807, 2.05) is 0 Å². The number of carbonyl (C=O) groups is 2. The summed E-state index contributed by atoms with van der Waals surface area (Å²) >= 11 is 3.37. The molecule has 2 heterocycles. The van der Waals surface area contributed by atoms with Gasteiger partial charge in [-0.15, -0.1) is 0 Å². The lowest BCUT2D eigenvalue weighted by atomic mass is 10.1. The molecule has 27 heavy (non-hydrogen) atoms. The number of nitrogens with zero attached hydrogens (tertiary/aromatic N) is 2. The van der Waals surface area contributed by atoms with Crippen molar-refractivity contribution in [2.75, 3.05) is 13.1 Å². The first-order valence-electron chi connectivity index (χ1n) is 8.23. The Bertz CT molecular complexity index is 935. The molecule has 0 bridgehead atoms. The van der Waals surface area contributed by atoms with Gasteiger partial charge in [0.25, 0.3) is 11.8 Å². The molecule has 9 heteroatoms. The van der Waals surface area contributed by atoms with Crippen molar-refractivity contribution >= 4 is 44.4 Å². The van der Waals surface area contributed by atoms with E-state index in [1.165, 1.54) is 19.2 Å². The molecule has 1 aliphatic heterocycles. The highest BCUT2D eigenvalue weighted by Crippen LogP contribution is 2.32. The first-order valence-corrected chi connectivity index (χ1v) is 9.03. The van der Waals surface area contributed by atoms with Gasteiger partial charge in [-0.25, -0.2) is 8.78 Å². The van der Waals surface area contributed by atoms with Crippen molar-refractivity contribution in [3.8, 4) is 0 Å². The molecule has 0 saturated carbocycles. The molecule has 0 aliphatic carbocycles. The van der Waals surface area contributed by atoms with E-state index < -0.39 is 43.3 Å². The minimum Gasteiger partial charge on any atom is -0.343 e. The third-order valence-electron chi connectivity index (χ3n) is 4.46. The Morgan fingerprint density at radius 3 is 2.85 bits per heavy atom. The number of halogens is 3. The molecule has 1 aromatic heterocycles. The van der Waals surface area contributed by atoms with Crippen molar-refractivity contribution in [2.45, 2.75) is 25.3 Å². The average Bonchev–Trinajstić information content (AvgIpc) is 2.95. The Balaban J connectivity index is 1.74. The molecule has 1 atom stereocenters. The van der Waals surface area contributed by atoms with Crippen molar-refractivity contribution < 1.29 is 18.4 Å². The lowest BCUT2D eigenvalue weighted by molar-refractivity contribution is -0.131. The summed E-state index contributed by atoms with van der Waals surface area (Å²) in [6.07, 6.45) is 0.921. The summed E-state index contributed by atoms with van der Waals surface area (Å²) in [4.78, 5) is 30.1. The molecule has 2 amide bonds. The van der Waals surface area contributed by atoms with Crippen LogP contribution in [0.5, 0.6) is 0 Å². The maximum absolute atomic E-state index is 13.7. The maximum atomic E-state index is 13.7. The van der Waals surface area contributed by atoms with Gasteiger partial charge in [-0.05, 0) is 35.0 Å². The highest BCUT2D eigenvalue weighted by atomic mass is 79.9. The highest BCUT2D eigenvalue weighted by Gasteiger charge is 2.47. The van der Waals surface area contributed by atoms with E-state index >= 15 is 0 Å². The normalized spacial score (nSPS) is 18.5. The minimum absolute atomic E-state index is 0.00294. The number of amides is 2. The van der Waals surface area contributed by atoms with Crippen LogP contribution in [0.3, 0.4) is 0 Å². The van der Waals surface area contributed by atoms with Crippen molar-refractivity contribution in [2.24, 2.45) is 0 Å². The van der Waals surface area contributed by atoms with Crippen molar-refractivity contribution in [3.05, 3.63) is 40.5 Å². The number of likely N-dealkylation sites (tertiary alicyclic amines) is 1. The van der Waals surface area contributed by atoms with E-state index in [4.69, 9.17) is 5.41 Å². The van der Waals surface area contributed by atoms with Gasteiger partial charge < -0.3 is 15.6 Å². The number of hydrogen-bond donors (Lipinski definition) is 2. The molecule has 1 aliphatic rings. The lowest BCUT2D eigenvalue weighted by Gasteiger charge is -2.23. The van der Waals surface area contributed by atoms with Crippen LogP contribution in [0.15, 0.2) is 34.9 Å². The molecule has 0 radical (unpaired) electrons. The second-order valence-electron chi connectivity index (χ2n) is 6.46. The van der Waals surface area contributed by atoms with Gasteiger partial charge in [0.1, 0.15) is 0 Å². The SMILES string of the molecule is CC(=N)[C@@H]1CC(F)(F)CN1C(=O)CNC(=O)c1ccnc2c(Br)cccc12. The minimum atomic E-state index is -3.03. The van der Waals surface area contributed by atoms with Crippen LogP contribution >= 0.6 is 15.9 Å². The Hall–Kier alpha value is -2.42. The van der Waals surface area contributed by atoms with E-state index in [9.17, 15) is 18.4 Å². The van der Waals surface area contributed by atoms with Gasteiger partial charge in [0, 0.05) is 28.2 Å². The Kier molecular flexibility index (Phi) is 5.23. The maximum Gasteiger partial charge on any atom is 0.267 e. The first kappa shape index (κ1) is 19.3. The fourth-order valence-electron chi connectivity index (χ4n) is 3.16. The van der Waals surface area contributed by atoms with Crippen LogP contribution in [0.25, 0.3) is 10.9 Å². The number of benzene rings is 1. The molecule has 1 aromatic carbocycles. The second-order valence-corrected chi connectivity index (χ2v) is 7.31. The molecule has 3 rings (SSSR count). The molecule has 142 valence electrons. The molecular formula is C18H17BrF2N4O2. The van der Waals surface area contributed by atoms with Gasteiger partial charge in [0.2, 0.25) is 5.91 Å². The summed E-state index contributed by atoms with van der Waals surface area (Å²) < 4.78 is 28.0. The van der Waals surface area contributed by atoms with Crippen LogP contribution in [-0.4, -0.2) is 52.5 Å².